The summed E-state index contributed by atoms with van der Waals surface area (Å²) >= 11 is 0. The van der Waals surface area contributed by atoms with Crippen molar-refractivity contribution in [2.24, 2.45) is 0 Å². The third kappa shape index (κ3) is 4.61. The molecule has 2 aliphatic heterocycles. The smallest absolute Gasteiger partial charge is 0.160 e. The van der Waals surface area contributed by atoms with Gasteiger partial charge in [0.25, 0.3) is 0 Å². The molecule has 1 aromatic heterocycles. The van der Waals surface area contributed by atoms with Crippen molar-refractivity contribution in [3.63, 3.8) is 0 Å². The van der Waals surface area contributed by atoms with E-state index in [1.165, 1.54) is 39.0 Å². The minimum atomic E-state index is 0.240. The van der Waals surface area contributed by atoms with E-state index in [4.69, 9.17) is 9.97 Å². The van der Waals surface area contributed by atoms with Crippen molar-refractivity contribution in [1.29, 1.82) is 0 Å². The standard InChI is InChI=1S/C46H32N4/c1-4-14-31(15-5-1)39-30-40(32-16-6-2-7-17-32)48-46(47-39)34-19-12-22-36(28-34)49-27-26-38-44-33(18-13-25-42(44)49)29-43-45(38)37-23-10-11-24-41(37)50(43)35-20-8-3-9-21-35/h1-30,37,41H. The molecule has 7 aromatic rings. The highest BCUT2D eigenvalue weighted by molar-refractivity contribution is 6.09. The minimum Gasteiger partial charge on any atom is -0.333 e. The van der Waals surface area contributed by atoms with Crippen LogP contribution in [0, 0.1) is 0 Å². The lowest BCUT2D eigenvalue weighted by atomic mass is 9.85. The van der Waals surface area contributed by atoms with E-state index < -0.39 is 0 Å². The summed E-state index contributed by atoms with van der Waals surface area (Å²) in [5.74, 6) is 0.976. The Labute approximate surface area is 291 Å². The Morgan fingerprint density at radius 1 is 0.520 bits per heavy atom. The van der Waals surface area contributed by atoms with E-state index in [1.54, 1.807) is 0 Å². The molecule has 3 aliphatic rings. The van der Waals surface area contributed by atoms with Gasteiger partial charge >= 0.3 is 0 Å². The summed E-state index contributed by atoms with van der Waals surface area (Å²) in [6, 6.07) is 51.5. The average molecular weight is 641 g/mol. The fraction of sp³-hybridized carbons (Fsp3) is 0.0435. The van der Waals surface area contributed by atoms with Gasteiger partial charge in [-0.1, -0.05) is 127 Å². The molecule has 0 bridgehead atoms. The molecule has 0 spiro atoms. The molecule has 0 fully saturated rings. The summed E-state index contributed by atoms with van der Waals surface area (Å²) in [5.41, 5.74) is 12.3. The molecule has 0 saturated heterocycles. The van der Waals surface area contributed by atoms with Crippen molar-refractivity contribution >= 4 is 39.6 Å². The summed E-state index contributed by atoms with van der Waals surface area (Å²) in [7, 11) is 0. The molecule has 2 unspecified atom stereocenters. The maximum Gasteiger partial charge on any atom is 0.160 e. The van der Waals surface area contributed by atoms with Gasteiger partial charge in [-0.15, -0.1) is 0 Å². The second-order valence-corrected chi connectivity index (χ2v) is 13.0. The SMILES string of the molecule is C1=CC2c3c(cc4cccc5c4c3C=CN5c3cccc(-c4nc(-c5ccccc5)cc(-c5ccccc5)n4)c3)N(c3ccccc3)C2C=C1. The number of aromatic nitrogens is 2. The number of fused-ring (bicyclic) bond motifs is 4. The number of benzene rings is 6. The Hall–Kier alpha value is -6.52. The van der Waals surface area contributed by atoms with Crippen LogP contribution < -0.4 is 9.80 Å². The predicted octanol–water partition coefficient (Wildman–Crippen LogP) is 11.5. The van der Waals surface area contributed by atoms with Crippen LogP contribution in [0.1, 0.15) is 17.0 Å². The van der Waals surface area contributed by atoms with Crippen LogP contribution >= 0.6 is 0 Å². The van der Waals surface area contributed by atoms with Gasteiger partial charge in [-0.05, 0) is 65.1 Å². The van der Waals surface area contributed by atoms with Crippen LogP contribution in [0.2, 0.25) is 0 Å². The Morgan fingerprint density at radius 2 is 1.16 bits per heavy atom. The molecule has 236 valence electrons. The third-order valence-corrected chi connectivity index (χ3v) is 10.1. The van der Waals surface area contributed by atoms with Crippen LogP contribution in [0.15, 0.2) is 176 Å². The van der Waals surface area contributed by atoms with Crippen molar-refractivity contribution < 1.29 is 0 Å². The molecule has 0 N–H and O–H groups in total. The van der Waals surface area contributed by atoms with Gasteiger partial charge in [-0.3, -0.25) is 0 Å². The summed E-state index contributed by atoms with van der Waals surface area (Å²) in [6.07, 6.45) is 13.7. The number of para-hydroxylation sites is 1. The molecular formula is C46H32N4. The van der Waals surface area contributed by atoms with Gasteiger partial charge in [0.2, 0.25) is 0 Å². The van der Waals surface area contributed by atoms with Crippen LogP contribution in [-0.4, -0.2) is 16.0 Å². The molecule has 50 heavy (non-hydrogen) atoms. The van der Waals surface area contributed by atoms with Gasteiger partial charge in [0.05, 0.1) is 23.1 Å². The van der Waals surface area contributed by atoms with E-state index in [1.807, 2.05) is 12.1 Å². The van der Waals surface area contributed by atoms with Crippen molar-refractivity contribution in [1.82, 2.24) is 9.97 Å². The zero-order chi connectivity index (χ0) is 33.0. The molecule has 0 amide bonds. The van der Waals surface area contributed by atoms with Crippen molar-refractivity contribution in [2.45, 2.75) is 12.0 Å². The van der Waals surface area contributed by atoms with Crippen molar-refractivity contribution in [3.05, 3.63) is 187 Å². The zero-order valence-electron chi connectivity index (χ0n) is 27.3. The Morgan fingerprint density at radius 3 is 1.90 bits per heavy atom. The van der Waals surface area contributed by atoms with Gasteiger partial charge in [-0.2, -0.15) is 0 Å². The monoisotopic (exact) mass is 640 g/mol. The molecule has 6 aromatic carbocycles. The Bertz CT molecular complexity index is 2440. The predicted molar refractivity (Wildman–Crippen MR) is 207 cm³/mol. The summed E-state index contributed by atoms with van der Waals surface area (Å²) in [5, 5.41) is 2.52. The molecule has 0 saturated carbocycles. The molecule has 1 aliphatic carbocycles. The van der Waals surface area contributed by atoms with Gasteiger partial charge in [0.1, 0.15) is 0 Å². The van der Waals surface area contributed by atoms with Gasteiger partial charge in [0, 0.05) is 51.3 Å². The molecule has 0 radical (unpaired) electrons. The van der Waals surface area contributed by atoms with E-state index in [9.17, 15) is 0 Å². The van der Waals surface area contributed by atoms with Gasteiger partial charge < -0.3 is 9.80 Å². The molecule has 2 atom stereocenters. The first-order valence-corrected chi connectivity index (χ1v) is 17.2. The third-order valence-electron chi connectivity index (χ3n) is 10.1. The summed E-state index contributed by atoms with van der Waals surface area (Å²) in [6.45, 7) is 0. The second-order valence-electron chi connectivity index (χ2n) is 13.0. The maximum absolute atomic E-state index is 5.11. The highest BCUT2D eigenvalue weighted by atomic mass is 15.2. The maximum atomic E-state index is 5.11. The van der Waals surface area contributed by atoms with Gasteiger partial charge in [0.15, 0.2) is 5.82 Å². The number of anilines is 4. The lowest BCUT2D eigenvalue weighted by Crippen LogP contribution is -2.28. The average Bonchev–Trinajstić information content (AvgIpc) is 3.53. The molecular weight excluding hydrogens is 609 g/mol. The van der Waals surface area contributed by atoms with Crippen LogP contribution in [0.25, 0.3) is 50.8 Å². The van der Waals surface area contributed by atoms with Crippen LogP contribution in [0.3, 0.4) is 0 Å². The molecule has 3 heterocycles. The number of allylic oxidation sites excluding steroid dienone is 2. The highest BCUT2D eigenvalue weighted by Crippen LogP contribution is 2.53. The van der Waals surface area contributed by atoms with E-state index in [-0.39, 0.29) is 12.0 Å². The van der Waals surface area contributed by atoms with Crippen LogP contribution in [-0.2, 0) is 0 Å². The summed E-state index contributed by atoms with van der Waals surface area (Å²) in [4.78, 5) is 15.0. The van der Waals surface area contributed by atoms with E-state index in [2.05, 4.69) is 180 Å². The molecule has 4 heteroatoms. The van der Waals surface area contributed by atoms with E-state index in [0.717, 1.165) is 33.8 Å². The lowest BCUT2D eigenvalue weighted by molar-refractivity contribution is 0.744. The molecule has 10 rings (SSSR count). The number of nitrogens with zero attached hydrogens (tertiary/aromatic N) is 4. The fourth-order valence-corrected chi connectivity index (χ4v) is 7.90. The Balaban J connectivity index is 1.10. The first kappa shape index (κ1) is 28.5. The van der Waals surface area contributed by atoms with Crippen LogP contribution in [0.4, 0.5) is 22.7 Å². The normalized spacial score (nSPS) is 16.9. The van der Waals surface area contributed by atoms with E-state index >= 15 is 0 Å². The lowest BCUT2D eigenvalue weighted by Gasteiger charge is -2.29. The number of rotatable bonds is 5. The highest BCUT2D eigenvalue weighted by Gasteiger charge is 2.40. The summed E-state index contributed by atoms with van der Waals surface area (Å²) < 4.78 is 0. The topological polar surface area (TPSA) is 32.3 Å². The van der Waals surface area contributed by atoms with Crippen molar-refractivity contribution in [2.75, 3.05) is 9.80 Å². The first-order valence-electron chi connectivity index (χ1n) is 17.2. The largest absolute Gasteiger partial charge is 0.333 e. The van der Waals surface area contributed by atoms with Crippen LogP contribution in [0.5, 0.6) is 0 Å². The number of hydrogen-bond acceptors (Lipinski definition) is 4. The fourth-order valence-electron chi connectivity index (χ4n) is 7.90. The zero-order valence-corrected chi connectivity index (χ0v) is 27.3. The first-order chi connectivity index (χ1) is 24.8. The molecule has 4 nitrogen and oxygen atoms in total. The Kier molecular flexibility index (Phi) is 6.59. The van der Waals surface area contributed by atoms with Gasteiger partial charge in [-0.25, -0.2) is 9.97 Å². The number of hydrogen-bond donors (Lipinski definition) is 0. The van der Waals surface area contributed by atoms with Crippen molar-refractivity contribution in [3.8, 4) is 33.9 Å². The van der Waals surface area contributed by atoms with E-state index in [0.29, 0.717) is 5.82 Å². The second kappa shape index (κ2) is 11.6. The minimum absolute atomic E-state index is 0.240. The quantitative estimate of drug-likeness (QED) is 0.187.